The van der Waals surface area contributed by atoms with Crippen LogP contribution < -0.4 is 16.0 Å². The summed E-state index contributed by atoms with van der Waals surface area (Å²) in [5, 5.41) is 3.59. The van der Waals surface area contributed by atoms with Gasteiger partial charge in [0.25, 0.3) is 5.91 Å². The lowest BCUT2D eigenvalue weighted by atomic mass is 9.94. The van der Waals surface area contributed by atoms with Gasteiger partial charge < -0.3 is 16.0 Å². The van der Waals surface area contributed by atoms with E-state index in [0.29, 0.717) is 17.5 Å². The van der Waals surface area contributed by atoms with E-state index < -0.39 is 0 Å². The quantitative estimate of drug-likeness (QED) is 0.843. The van der Waals surface area contributed by atoms with Gasteiger partial charge in [-0.25, -0.2) is 0 Å². The fraction of sp³-hybridized carbons (Fsp3) is 0.600. The van der Waals surface area contributed by atoms with E-state index in [1.165, 1.54) is 12.8 Å². The monoisotopic (exact) mass is 274 g/mol. The first-order chi connectivity index (χ1) is 9.56. The first-order valence-corrected chi connectivity index (χ1v) is 7.32. The number of carbonyl (C=O) groups is 1. The molecule has 108 valence electrons. The highest BCUT2D eigenvalue weighted by molar-refractivity contribution is 5.99. The van der Waals surface area contributed by atoms with Crippen molar-refractivity contribution < 1.29 is 4.79 Å². The molecule has 2 unspecified atom stereocenters. The summed E-state index contributed by atoms with van der Waals surface area (Å²) in [4.78, 5) is 18.4. The summed E-state index contributed by atoms with van der Waals surface area (Å²) in [5.41, 5.74) is 8.76. The van der Waals surface area contributed by atoms with Crippen molar-refractivity contribution in [3.8, 4) is 0 Å². The van der Waals surface area contributed by atoms with Crippen LogP contribution in [0.15, 0.2) is 6.07 Å². The summed E-state index contributed by atoms with van der Waals surface area (Å²) in [6.45, 7) is 6.88. The molecule has 1 amide bonds. The molecular weight excluding hydrogens is 252 g/mol. The van der Waals surface area contributed by atoms with Crippen LogP contribution in [0.1, 0.15) is 34.6 Å². The number of hydrogen-bond donors (Lipinski definition) is 2. The van der Waals surface area contributed by atoms with Gasteiger partial charge in [0.15, 0.2) is 0 Å². The Hall–Kier alpha value is -1.62. The fourth-order valence-corrected chi connectivity index (χ4v) is 3.61. The summed E-state index contributed by atoms with van der Waals surface area (Å²) in [6.07, 6.45) is 2.51. The number of piperidine rings is 1. The molecule has 3 N–H and O–H groups in total. The van der Waals surface area contributed by atoms with Gasteiger partial charge in [0.05, 0.1) is 16.9 Å². The van der Waals surface area contributed by atoms with Crippen LogP contribution >= 0.6 is 0 Å². The number of amides is 1. The summed E-state index contributed by atoms with van der Waals surface area (Å²) < 4.78 is 0. The van der Waals surface area contributed by atoms with Crippen molar-refractivity contribution in [2.75, 3.05) is 24.5 Å². The topological polar surface area (TPSA) is 71.2 Å². The summed E-state index contributed by atoms with van der Waals surface area (Å²) in [5.74, 6) is 0.297. The van der Waals surface area contributed by atoms with E-state index in [9.17, 15) is 4.79 Å². The number of aromatic nitrogens is 1. The van der Waals surface area contributed by atoms with E-state index in [-0.39, 0.29) is 5.91 Å². The van der Waals surface area contributed by atoms with Gasteiger partial charge >= 0.3 is 0 Å². The number of nitrogens with two attached hydrogens (primary N) is 1. The maximum absolute atomic E-state index is 11.8. The van der Waals surface area contributed by atoms with Crippen LogP contribution in [0.25, 0.3) is 0 Å². The van der Waals surface area contributed by atoms with Crippen LogP contribution in [0.2, 0.25) is 0 Å². The minimum absolute atomic E-state index is 0.382. The van der Waals surface area contributed by atoms with Crippen LogP contribution in [0.3, 0.4) is 0 Å². The van der Waals surface area contributed by atoms with Gasteiger partial charge in [-0.1, -0.05) is 0 Å². The fourth-order valence-electron chi connectivity index (χ4n) is 3.61. The molecule has 5 heteroatoms. The maximum Gasteiger partial charge on any atom is 0.252 e. The number of fused-ring (bicyclic) bond motifs is 1. The van der Waals surface area contributed by atoms with Gasteiger partial charge in [-0.05, 0) is 45.2 Å². The van der Waals surface area contributed by atoms with Gasteiger partial charge in [0.2, 0.25) is 0 Å². The Morgan fingerprint density at radius 3 is 2.95 bits per heavy atom. The molecule has 1 aromatic heterocycles. The SMILES string of the molecule is Cc1cc(N2CC3CCCNC3C2)c(C(N)=O)c(C)n1. The molecule has 3 heterocycles. The minimum Gasteiger partial charge on any atom is -0.369 e. The number of nitrogens with zero attached hydrogens (tertiary/aromatic N) is 2. The van der Waals surface area contributed by atoms with Crippen molar-refractivity contribution in [3.63, 3.8) is 0 Å². The van der Waals surface area contributed by atoms with Crippen molar-refractivity contribution >= 4 is 11.6 Å². The van der Waals surface area contributed by atoms with Gasteiger partial charge in [-0.15, -0.1) is 0 Å². The Balaban J connectivity index is 1.96. The molecule has 2 atom stereocenters. The second kappa shape index (κ2) is 5.05. The molecule has 3 rings (SSSR count). The normalized spacial score (nSPS) is 25.6. The van der Waals surface area contributed by atoms with Gasteiger partial charge in [0, 0.05) is 24.8 Å². The number of carbonyl (C=O) groups excluding carboxylic acids is 1. The predicted octanol–water partition coefficient (Wildman–Crippen LogP) is 0.986. The molecule has 2 aliphatic heterocycles. The van der Waals surface area contributed by atoms with E-state index in [4.69, 9.17) is 5.73 Å². The Morgan fingerprint density at radius 2 is 2.25 bits per heavy atom. The molecule has 0 saturated carbocycles. The average Bonchev–Trinajstić information content (AvgIpc) is 2.80. The highest BCUT2D eigenvalue weighted by atomic mass is 16.1. The minimum atomic E-state index is -0.382. The van der Waals surface area contributed by atoms with E-state index >= 15 is 0 Å². The molecule has 5 nitrogen and oxygen atoms in total. The van der Waals surface area contributed by atoms with Gasteiger partial charge in [0.1, 0.15) is 0 Å². The smallest absolute Gasteiger partial charge is 0.252 e. The average molecular weight is 274 g/mol. The van der Waals surface area contributed by atoms with Crippen LogP contribution in [0, 0.1) is 19.8 Å². The van der Waals surface area contributed by atoms with Crippen molar-refractivity contribution in [1.82, 2.24) is 10.3 Å². The second-order valence-electron chi connectivity index (χ2n) is 5.98. The van der Waals surface area contributed by atoms with Crippen molar-refractivity contribution in [3.05, 3.63) is 23.0 Å². The number of anilines is 1. The Bertz CT molecular complexity index is 529. The molecule has 0 aliphatic carbocycles. The molecule has 20 heavy (non-hydrogen) atoms. The number of primary amides is 1. The molecular formula is C15H22N4O. The zero-order valence-corrected chi connectivity index (χ0v) is 12.1. The van der Waals surface area contributed by atoms with E-state index in [2.05, 4.69) is 15.2 Å². The van der Waals surface area contributed by atoms with Crippen LogP contribution in [0.5, 0.6) is 0 Å². The summed E-state index contributed by atoms with van der Waals surface area (Å²) >= 11 is 0. The van der Waals surface area contributed by atoms with Crippen LogP contribution in [-0.4, -0.2) is 36.6 Å². The zero-order chi connectivity index (χ0) is 14.3. The lowest BCUT2D eigenvalue weighted by Gasteiger charge is -2.24. The number of nitrogens with one attached hydrogen (secondary N) is 1. The lowest BCUT2D eigenvalue weighted by Crippen LogP contribution is -2.40. The molecule has 0 spiro atoms. The first kappa shape index (κ1) is 13.4. The Kier molecular flexibility index (Phi) is 3.38. The third kappa shape index (κ3) is 2.26. The third-order valence-electron chi connectivity index (χ3n) is 4.49. The number of hydrogen-bond acceptors (Lipinski definition) is 4. The number of aryl methyl sites for hydroxylation is 2. The largest absolute Gasteiger partial charge is 0.369 e. The molecule has 1 aromatic rings. The van der Waals surface area contributed by atoms with Crippen molar-refractivity contribution in [1.29, 1.82) is 0 Å². The zero-order valence-electron chi connectivity index (χ0n) is 12.1. The van der Waals surface area contributed by atoms with E-state index in [1.54, 1.807) is 0 Å². The number of pyridine rings is 1. The molecule has 2 saturated heterocycles. The number of rotatable bonds is 2. The molecule has 0 bridgehead atoms. The predicted molar refractivity (Wildman–Crippen MR) is 79.0 cm³/mol. The van der Waals surface area contributed by atoms with Crippen molar-refractivity contribution in [2.24, 2.45) is 11.7 Å². The molecule has 0 aromatic carbocycles. The maximum atomic E-state index is 11.8. The second-order valence-corrected chi connectivity index (χ2v) is 5.98. The Morgan fingerprint density at radius 1 is 1.45 bits per heavy atom. The molecule has 2 aliphatic rings. The van der Waals surface area contributed by atoms with E-state index in [0.717, 1.165) is 36.7 Å². The highest BCUT2D eigenvalue weighted by Crippen LogP contribution is 2.32. The summed E-state index contributed by atoms with van der Waals surface area (Å²) in [6, 6.07) is 2.53. The molecule has 2 fully saturated rings. The van der Waals surface area contributed by atoms with Gasteiger partial charge in [-0.3, -0.25) is 9.78 Å². The first-order valence-electron chi connectivity index (χ1n) is 7.32. The van der Waals surface area contributed by atoms with E-state index in [1.807, 2.05) is 19.9 Å². The van der Waals surface area contributed by atoms with Crippen LogP contribution in [0.4, 0.5) is 5.69 Å². The van der Waals surface area contributed by atoms with Gasteiger partial charge in [-0.2, -0.15) is 0 Å². The molecule has 0 radical (unpaired) electrons. The summed E-state index contributed by atoms with van der Waals surface area (Å²) in [7, 11) is 0. The third-order valence-corrected chi connectivity index (χ3v) is 4.49. The standard InChI is InChI=1S/C15H22N4O/c1-9-6-13(14(15(16)20)10(2)18-9)19-7-11-4-3-5-17-12(11)8-19/h6,11-12,17H,3-5,7-8H2,1-2H3,(H2,16,20). The highest BCUT2D eigenvalue weighted by Gasteiger charge is 2.35. The lowest BCUT2D eigenvalue weighted by molar-refractivity contribution is 0.1000. The Labute approximate surface area is 119 Å². The van der Waals surface area contributed by atoms with Crippen LogP contribution in [-0.2, 0) is 0 Å². The van der Waals surface area contributed by atoms with Crippen molar-refractivity contribution in [2.45, 2.75) is 32.7 Å².